The van der Waals surface area contributed by atoms with Gasteiger partial charge in [-0.25, -0.2) is 9.07 Å². The van der Waals surface area contributed by atoms with E-state index in [0.29, 0.717) is 23.6 Å². The molecule has 0 radical (unpaired) electrons. The molecule has 150 valence electrons. The number of aromatic nitrogens is 6. The molecule has 0 atom stereocenters. The van der Waals surface area contributed by atoms with Gasteiger partial charge in [-0.15, -0.1) is 0 Å². The van der Waals surface area contributed by atoms with Crippen LogP contribution in [0, 0.1) is 12.7 Å². The Morgan fingerprint density at radius 2 is 1.97 bits per heavy atom. The molecular weight excluding hydrogens is 373 g/mol. The first-order chi connectivity index (χ1) is 13.8. The van der Waals surface area contributed by atoms with E-state index in [1.54, 1.807) is 34.7 Å². The fourth-order valence-electron chi connectivity index (χ4n) is 3.39. The Kier molecular flexibility index (Phi) is 4.65. The molecule has 1 amide bonds. The zero-order valence-electron chi connectivity index (χ0n) is 16.7. The topological polar surface area (TPSA) is 93.4 Å². The number of aryl methyl sites for hydroxylation is 2. The average molecular weight is 395 g/mol. The fourth-order valence-corrected chi connectivity index (χ4v) is 3.39. The van der Waals surface area contributed by atoms with Crippen molar-refractivity contribution in [2.24, 2.45) is 7.05 Å². The third kappa shape index (κ3) is 3.51. The molecule has 1 aromatic carbocycles. The Bertz CT molecular complexity index is 1180. The van der Waals surface area contributed by atoms with E-state index in [-0.39, 0.29) is 17.6 Å². The third-order valence-corrected chi connectivity index (χ3v) is 4.76. The summed E-state index contributed by atoms with van der Waals surface area (Å²) in [6.07, 6.45) is 1.71. The summed E-state index contributed by atoms with van der Waals surface area (Å²) in [5.41, 5.74) is 3.53. The molecule has 0 saturated heterocycles. The molecule has 0 aliphatic rings. The second kappa shape index (κ2) is 7.16. The number of benzene rings is 1. The minimum Gasteiger partial charge on any atom is -0.306 e. The van der Waals surface area contributed by atoms with Crippen molar-refractivity contribution in [3.63, 3.8) is 0 Å². The second-order valence-corrected chi connectivity index (χ2v) is 7.38. The number of carbonyl (C=O) groups excluding carboxylic acids is 1. The number of halogens is 1. The first kappa shape index (κ1) is 18.9. The van der Waals surface area contributed by atoms with Crippen LogP contribution in [0.25, 0.3) is 11.0 Å². The van der Waals surface area contributed by atoms with Gasteiger partial charge in [0.2, 0.25) is 0 Å². The summed E-state index contributed by atoms with van der Waals surface area (Å²) in [7, 11) is 1.79. The molecule has 0 bridgehead atoms. The smallest absolute Gasteiger partial charge is 0.260 e. The highest BCUT2D eigenvalue weighted by Gasteiger charge is 2.22. The quantitative estimate of drug-likeness (QED) is 0.542. The van der Waals surface area contributed by atoms with E-state index in [4.69, 9.17) is 0 Å². The van der Waals surface area contributed by atoms with E-state index < -0.39 is 0 Å². The van der Waals surface area contributed by atoms with Gasteiger partial charge in [-0.1, -0.05) is 26.0 Å². The predicted octanol–water partition coefficient (Wildman–Crippen LogP) is 3.36. The van der Waals surface area contributed by atoms with Crippen LogP contribution in [-0.4, -0.2) is 35.7 Å². The summed E-state index contributed by atoms with van der Waals surface area (Å²) in [6.45, 7) is 6.30. The Hall–Kier alpha value is -3.49. The van der Waals surface area contributed by atoms with Crippen LogP contribution in [0.1, 0.15) is 47.1 Å². The highest BCUT2D eigenvalue weighted by atomic mass is 19.1. The van der Waals surface area contributed by atoms with E-state index in [2.05, 4.69) is 25.7 Å². The molecule has 0 aliphatic carbocycles. The number of nitrogens with one attached hydrogen (secondary N) is 2. The standard InChI is InChI=1S/C20H22FN7O/c1-11(2)17-15(10-27(4)26-17)20(29)22-18-16-12(3)25-28(19(16)24-23-18)9-13-5-7-14(21)8-6-13/h5-8,10-11H,9H2,1-4H3,(H2,22,23,24,29). The van der Waals surface area contributed by atoms with Crippen molar-refractivity contribution >= 4 is 22.8 Å². The number of hydrogen-bond donors (Lipinski definition) is 2. The molecule has 9 heteroatoms. The maximum Gasteiger partial charge on any atom is 0.260 e. The van der Waals surface area contributed by atoms with Crippen LogP contribution in [0.5, 0.6) is 0 Å². The number of rotatable bonds is 5. The highest BCUT2D eigenvalue weighted by Crippen LogP contribution is 2.26. The number of hydrogen-bond acceptors (Lipinski definition) is 4. The van der Waals surface area contributed by atoms with Gasteiger partial charge in [0.05, 0.1) is 28.9 Å². The van der Waals surface area contributed by atoms with Gasteiger partial charge < -0.3 is 5.32 Å². The van der Waals surface area contributed by atoms with Crippen molar-refractivity contribution in [3.05, 3.63) is 58.8 Å². The van der Waals surface area contributed by atoms with Crippen molar-refractivity contribution in [3.8, 4) is 0 Å². The zero-order valence-corrected chi connectivity index (χ0v) is 16.7. The molecule has 4 aromatic rings. The molecule has 0 fully saturated rings. The molecule has 0 aliphatic heterocycles. The van der Waals surface area contributed by atoms with Gasteiger partial charge in [-0.3, -0.25) is 14.6 Å². The summed E-state index contributed by atoms with van der Waals surface area (Å²) in [4.78, 5) is 12.9. The minimum atomic E-state index is -0.281. The first-order valence-corrected chi connectivity index (χ1v) is 9.34. The maximum absolute atomic E-state index is 13.1. The SMILES string of the molecule is Cc1nn(Cc2ccc(F)cc2)c2n[nH]c(NC(=O)c3cn(C)nc3C(C)C)c12. The van der Waals surface area contributed by atoms with Crippen LogP contribution < -0.4 is 5.32 Å². The molecular formula is C20H22FN7O. The Morgan fingerprint density at radius 1 is 1.24 bits per heavy atom. The fraction of sp³-hybridized carbons (Fsp3) is 0.300. The first-order valence-electron chi connectivity index (χ1n) is 9.34. The van der Waals surface area contributed by atoms with Crippen molar-refractivity contribution in [2.75, 3.05) is 5.32 Å². The molecule has 0 saturated carbocycles. The summed E-state index contributed by atoms with van der Waals surface area (Å²) in [5, 5.41) is 19.8. The second-order valence-electron chi connectivity index (χ2n) is 7.38. The lowest BCUT2D eigenvalue weighted by Crippen LogP contribution is -2.14. The van der Waals surface area contributed by atoms with Crippen LogP contribution in [0.15, 0.2) is 30.5 Å². The van der Waals surface area contributed by atoms with Crippen molar-refractivity contribution in [2.45, 2.75) is 33.2 Å². The van der Waals surface area contributed by atoms with Gasteiger partial charge in [0.1, 0.15) is 11.6 Å². The van der Waals surface area contributed by atoms with Crippen LogP contribution in [0.4, 0.5) is 10.2 Å². The normalized spacial score (nSPS) is 11.5. The van der Waals surface area contributed by atoms with Gasteiger partial charge in [0, 0.05) is 13.2 Å². The highest BCUT2D eigenvalue weighted by molar-refractivity contribution is 6.08. The molecule has 3 aromatic heterocycles. The number of amides is 1. The zero-order chi connectivity index (χ0) is 20.7. The summed E-state index contributed by atoms with van der Waals surface area (Å²) in [5.74, 6) is 0.0832. The van der Waals surface area contributed by atoms with Crippen LogP contribution in [-0.2, 0) is 13.6 Å². The molecule has 8 nitrogen and oxygen atoms in total. The Balaban J connectivity index is 1.63. The van der Waals surface area contributed by atoms with Gasteiger partial charge >= 0.3 is 0 Å². The third-order valence-electron chi connectivity index (χ3n) is 4.76. The number of fused-ring (bicyclic) bond motifs is 1. The number of H-pyrrole nitrogens is 1. The van der Waals surface area contributed by atoms with E-state index >= 15 is 0 Å². The van der Waals surface area contributed by atoms with Gasteiger partial charge in [0.15, 0.2) is 5.65 Å². The Morgan fingerprint density at radius 3 is 2.66 bits per heavy atom. The largest absolute Gasteiger partial charge is 0.306 e. The number of anilines is 1. The monoisotopic (exact) mass is 395 g/mol. The molecule has 29 heavy (non-hydrogen) atoms. The van der Waals surface area contributed by atoms with E-state index in [0.717, 1.165) is 22.3 Å². The molecule has 0 spiro atoms. The molecule has 0 unspecified atom stereocenters. The van der Waals surface area contributed by atoms with Crippen LogP contribution >= 0.6 is 0 Å². The number of nitrogens with zero attached hydrogens (tertiary/aromatic N) is 5. The molecule has 2 N–H and O–H groups in total. The number of carbonyl (C=O) groups is 1. The lowest BCUT2D eigenvalue weighted by Gasteiger charge is -2.05. The molecule has 4 rings (SSSR count). The summed E-state index contributed by atoms with van der Waals surface area (Å²) >= 11 is 0. The lowest BCUT2D eigenvalue weighted by atomic mass is 10.1. The van der Waals surface area contributed by atoms with Crippen molar-refractivity contribution < 1.29 is 9.18 Å². The Labute approximate surface area is 166 Å². The summed E-state index contributed by atoms with van der Waals surface area (Å²) < 4.78 is 16.5. The van der Waals surface area contributed by atoms with Gasteiger partial charge in [-0.2, -0.15) is 15.3 Å². The average Bonchev–Trinajstić information content (AvgIpc) is 3.34. The van der Waals surface area contributed by atoms with Crippen LogP contribution in [0.2, 0.25) is 0 Å². The van der Waals surface area contributed by atoms with E-state index in [1.807, 2.05) is 20.8 Å². The van der Waals surface area contributed by atoms with E-state index in [9.17, 15) is 9.18 Å². The molecule has 3 heterocycles. The van der Waals surface area contributed by atoms with Crippen molar-refractivity contribution in [1.29, 1.82) is 0 Å². The van der Waals surface area contributed by atoms with Crippen molar-refractivity contribution in [1.82, 2.24) is 29.8 Å². The minimum absolute atomic E-state index is 0.124. The van der Waals surface area contributed by atoms with Gasteiger partial charge in [-0.05, 0) is 30.5 Å². The number of aromatic amines is 1. The predicted molar refractivity (Wildman–Crippen MR) is 107 cm³/mol. The lowest BCUT2D eigenvalue weighted by molar-refractivity contribution is 0.102. The van der Waals surface area contributed by atoms with Gasteiger partial charge in [0.25, 0.3) is 5.91 Å². The van der Waals surface area contributed by atoms with E-state index in [1.165, 1.54) is 12.1 Å². The van der Waals surface area contributed by atoms with Crippen LogP contribution in [0.3, 0.4) is 0 Å². The maximum atomic E-state index is 13.1. The summed E-state index contributed by atoms with van der Waals surface area (Å²) in [6, 6.07) is 6.26.